The summed E-state index contributed by atoms with van der Waals surface area (Å²) < 4.78 is 1.69. The number of aliphatic hydroxyl groups is 1. The molecule has 0 spiro atoms. The molecule has 6 heteroatoms. The van der Waals surface area contributed by atoms with Crippen LogP contribution in [0.3, 0.4) is 0 Å². The molecule has 0 amide bonds. The van der Waals surface area contributed by atoms with Crippen molar-refractivity contribution in [3.05, 3.63) is 28.0 Å². The van der Waals surface area contributed by atoms with Gasteiger partial charge in [0.15, 0.2) is 0 Å². The van der Waals surface area contributed by atoms with Gasteiger partial charge in [0, 0.05) is 10.8 Å². The van der Waals surface area contributed by atoms with E-state index in [1.54, 1.807) is 22.2 Å². The highest BCUT2D eigenvalue weighted by Gasteiger charge is 2.18. The average molecular weight is 252 g/mol. The van der Waals surface area contributed by atoms with Crippen molar-refractivity contribution in [1.29, 1.82) is 0 Å². The van der Waals surface area contributed by atoms with E-state index in [1.165, 1.54) is 0 Å². The van der Waals surface area contributed by atoms with Crippen LogP contribution in [0.5, 0.6) is 0 Å². The first-order valence-corrected chi connectivity index (χ1v) is 6.32. The Labute approximate surface area is 104 Å². The molecule has 0 atom stereocenters. The first kappa shape index (κ1) is 12.2. The molecule has 2 rings (SSSR count). The highest BCUT2D eigenvalue weighted by molar-refractivity contribution is 7.09. The van der Waals surface area contributed by atoms with E-state index in [-0.39, 0.29) is 12.0 Å². The Kier molecular flexibility index (Phi) is 3.26. The molecule has 5 nitrogen and oxygen atoms in total. The molecule has 0 bridgehead atoms. The third-order valence-electron chi connectivity index (χ3n) is 2.27. The Bertz CT molecular complexity index is 498. The summed E-state index contributed by atoms with van der Waals surface area (Å²) in [6.07, 6.45) is 1.73. The second-order valence-corrected chi connectivity index (χ2v) is 5.82. The molecule has 0 unspecified atom stereocenters. The van der Waals surface area contributed by atoms with Gasteiger partial charge in [-0.05, 0) is 0 Å². The second-order valence-electron chi connectivity index (χ2n) is 4.96. The first-order valence-electron chi connectivity index (χ1n) is 5.44. The summed E-state index contributed by atoms with van der Waals surface area (Å²) in [5.74, 6) is 0. The lowest BCUT2D eigenvalue weighted by atomic mass is 9.98. The van der Waals surface area contributed by atoms with Gasteiger partial charge in [0.25, 0.3) is 0 Å². The molecule has 0 aliphatic heterocycles. The Morgan fingerprint density at radius 1 is 1.35 bits per heavy atom. The van der Waals surface area contributed by atoms with Crippen molar-refractivity contribution < 1.29 is 5.11 Å². The Morgan fingerprint density at radius 2 is 2.12 bits per heavy atom. The minimum absolute atomic E-state index is 0.0791. The second kappa shape index (κ2) is 4.54. The van der Waals surface area contributed by atoms with E-state index in [1.807, 2.05) is 5.38 Å². The SMILES string of the molecule is CC(C)(C)c1nc(Cn2cc(CO)nn2)cs1. The summed E-state index contributed by atoms with van der Waals surface area (Å²) in [4.78, 5) is 4.58. The summed E-state index contributed by atoms with van der Waals surface area (Å²) in [5.41, 5.74) is 1.65. The first-order chi connectivity index (χ1) is 7.99. The van der Waals surface area contributed by atoms with E-state index < -0.39 is 0 Å². The van der Waals surface area contributed by atoms with Crippen LogP contribution in [-0.2, 0) is 18.6 Å². The Morgan fingerprint density at radius 3 is 2.65 bits per heavy atom. The summed E-state index contributed by atoms with van der Waals surface area (Å²) >= 11 is 1.67. The highest BCUT2D eigenvalue weighted by Crippen LogP contribution is 2.25. The number of nitrogens with zero attached hydrogens (tertiary/aromatic N) is 4. The van der Waals surface area contributed by atoms with Crippen molar-refractivity contribution >= 4 is 11.3 Å². The highest BCUT2D eigenvalue weighted by atomic mass is 32.1. The third kappa shape index (κ3) is 2.89. The largest absolute Gasteiger partial charge is 0.390 e. The third-order valence-corrected chi connectivity index (χ3v) is 3.58. The molecule has 0 aromatic carbocycles. The van der Waals surface area contributed by atoms with E-state index in [0.29, 0.717) is 12.2 Å². The standard InChI is InChI=1S/C11H16N4OS/c1-11(2,3)10-12-9(7-17-10)5-15-4-8(6-16)13-14-15/h4,7,16H,5-6H2,1-3H3. The molecule has 0 aliphatic rings. The van der Waals surface area contributed by atoms with Gasteiger partial charge in [0.1, 0.15) is 5.69 Å². The number of aromatic nitrogens is 4. The fraction of sp³-hybridized carbons (Fsp3) is 0.545. The molecular formula is C11H16N4OS. The molecular weight excluding hydrogens is 236 g/mol. The van der Waals surface area contributed by atoms with E-state index in [4.69, 9.17) is 5.11 Å². The van der Waals surface area contributed by atoms with Gasteiger partial charge >= 0.3 is 0 Å². The lowest BCUT2D eigenvalue weighted by molar-refractivity contribution is 0.276. The molecule has 92 valence electrons. The summed E-state index contributed by atoms with van der Waals surface area (Å²) in [6.45, 7) is 6.96. The minimum atomic E-state index is -0.0791. The molecule has 2 aromatic heterocycles. The van der Waals surface area contributed by atoms with Crippen molar-refractivity contribution in [1.82, 2.24) is 20.0 Å². The summed E-state index contributed by atoms with van der Waals surface area (Å²) in [6, 6.07) is 0. The maximum absolute atomic E-state index is 8.90. The summed E-state index contributed by atoms with van der Waals surface area (Å²) in [5, 5.41) is 19.8. The predicted octanol–water partition coefficient (Wildman–Crippen LogP) is 1.57. The Hall–Kier alpha value is -1.27. The van der Waals surface area contributed by atoms with Crippen molar-refractivity contribution in [3.63, 3.8) is 0 Å². The molecule has 0 saturated carbocycles. The number of rotatable bonds is 3. The number of thiazole rings is 1. The van der Waals surface area contributed by atoms with Crippen LogP contribution in [0.2, 0.25) is 0 Å². The van der Waals surface area contributed by atoms with E-state index in [0.717, 1.165) is 10.7 Å². The zero-order valence-corrected chi connectivity index (χ0v) is 11.0. The molecule has 2 heterocycles. The van der Waals surface area contributed by atoms with Crippen molar-refractivity contribution in [2.75, 3.05) is 0 Å². The van der Waals surface area contributed by atoms with Crippen LogP contribution >= 0.6 is 11.3 Å². The van der Waals surface area contributed by atoms with Crippen LogP contribution in [0.4, 0.5) is 0 Å². The van der Waals surface area contributed by atoms with Gasteiger partial charge in [-0.25, -0.2) is 9.67 Å². The van der Waals surface area contributed by atoms with E-state index in [2.05, 4.69) is 36.1 Å². The number of hydrogen-bond acceptors (Lipinski definition) is 5. The van der Waals surface area contributed by atoms with Gasteiger partial charge < -0.3 is 5.11 Å². The summed E-state index contributed by atoms with van der Waals surface area (Å²) in [7, 11) is 0. The zero-order valence-electron chi connectivity index (χ0n) is 10.2. The van der Waals surface area contributed by atoms with Gasteiger partial charge in [-0.2, -0.15) is 0 Å². The average Bonchev–Trinajstić information content (AvgIpc) is 2.86. The number of aliphatic hydroxyl groups excluding tert-OH is 1. The van der Waals surface area contributed by atoms with Gasteiger partial charge in [-0.1, -0.05) is 26.0 Å². The van der Waals surface area contributed by atoms with Crippen LogP contribution in [0.1, 0.15) is 37.2 Å². The van der Waals surface area contributed by atoms with Crippen LogP contribution in [0.15, 0.2) is 11.6 Å². The molecule has 0 radical (unpaired) electrons. The van der Waals surface area contributed by atoms with E-state index in [9.17, 15) is 0 Å². The topological polar surface area (TPSA) is 63.8 Å². The molecule has 2 aromatic rings. The van der Waals surface area contributed by atoms with Crippen molar-refractivity contribution in [3.8, 4) is 0 Å². The fourth-order valence-corrected chi connectivity index (χ4v) is 2.28. The molecule has 1 N–H and O–H groups in total. The minimum Gasteiger partial charge on any atom is -0.390 e. The normalized spacial score (nSPS) is 12.0. The molecule has 0 aliphatic carbocycles. The van der Waals surface area contributed by atoms with Gasteiger partial charge in [-0.15, -0.1) is 16.4 Å². The monoisotopic (exact) mass is 252 g/mol. The van der Waals surface area contributed by atoms with Gasteiger partial charge in [0.2, 0.25) is 0 Å². The van der Waals surface area contributed by atoms with Crippen LogP contribution < -0.4 is 0 Å². The van der Waals surface area contributed by atoms with Gasteiger partial charge in [0.05, 0.1) is 30.1 Å². The maximum Gasteiger partial charge on any atom is 0.108 e. The Balaban J connectivity index is 2.11. The predicted molar refractivity (Wildman–Crippen MR) is 65.9 cm³/mol. The maximum atomic E-state index is 8.90. The van der Waals surface area contributed by atoms with Crippen molar-refractivity contribution in [2.24, 2.45) is 0 Å². The molecule has 0 fully saturated rings. The van der Waals surface area contributed by atoms with Gasteiger partial charge in [-0.3, -0.25) is 0 Å². The fourth-order valence-electron chi connectivity index (χ4n) is 1.38. The molecule has 17 heavy (non-hydrogen) atoms. The lowest BCUT2D eigenvalue weighted by Crippen LogP contribution is -2.11. The van der Waals surface area contributed by atoms with E-state index >= 15 is 0 Å². The quantitative estimate of drug-likeness (QED) is 0.900. The van der Waals surface area contributed by atoms with Crippen LogP contribution in [0.25, 0.3) is 0 Å². The van der Waals surface area contributed by atoms with Crippen LogP contribution in [-0.4, -0.2) is 25.1 Å². The van der Waals surface area contributed by atoms with Crippen LogP contribution in [0, 0.1) is 0 Å². The zero-order chi connectivity index (χ0) is 12.5. The number of hydrogen-bond donors (Lipinski definition) is 1. The lowest BCUT2D eigenvalue weighted by Gasteiger charge is -2.13. The molecule has 0 saturated heterocycles. The van der Waals surface area contributed by atoms with Crippen molar-refractivity contribution in [2.45, 2.75) is 39.3 Å². The smallest absolute Gasteiger partial charge is 0.108 e.